The summed E-state index contributed by atoms with van der Waals surface area (Å²) in [6, 6.07) is 11.3. The van der Waals surface area contributed by atoms with Crippen LogP contribution in [0.15, 0.2) is 42.5 Å². The van der Waals surface area contributed by atoms with E-state index < -0.39 is 11.9 Å². The molecular formula is C21H23N3O5. The van der Waals surface area contributed by atoms with Gasteiger partial charge in [0, 0.05) is 6.54 Å². The van der Waals surface area contributed by atoms with Crippen LogP contribution in [0.4, 0.5) is 5.69 Å². The van der Waals surface area contributed by atoms with Gasteiger partial charge in [0.05, 0.1) is 31.9 Å². The zero-order valence-electron chi connectivity index (χ0n) is 16.3. The Morgan fingerprint density at radius 3 is 2.59 bits per heavy atom. The SMILES string of the molecule is COc1ccc(CCNC(=O)C[C@H]2NC(=O)c3ccccc3NC2=O)cc1OC. The molecule has 1 aliphatic rings. The molecule has 0 bridgehead atoms. The zero-order valence-corrected chi connectivity index (χ0v) is 16.3. The third-order valence-electron chi connectivity index (χ3n) is 4.62. The molecule has 29 heavy (non-hydrogen) atoms. The number of carbonyl (C=O) groups excluding carboxylic acids is 3. The van der Waals surface area contributed by atoms with Crippen LogP contribution in [0.2, 0.25) is 0 Å². The van der Waals surface area contributed by atoms with Crippen molar-refractivity contribution >= 4 is 23.4 Å². The maximum Gasteiger partial charge on any atom is 0.254 e. The number of hydrogen-bond donors (Lipinski definition) is 3. The molecule has 0 unspecified atom stereocenters. The fraction of sp³-hybridized carbons (Fsp3) is 0.286. The molecule has 3 rings (SSSR count). The Bertz CT molecular complexity index is 928. The van der Waals surface area contributed by atoms with Crippen molar-refractivity contribution in [2.75, 3.05) is 26.1 Å². The predicted octanol–water partition coefficient (Wildman–Crippen LogP) is 1.50. The lowest BCUT2D eigenvalue weighted by atomic mass is 10.1. The van der Waals surface area contributed by atoms with E-state index in [2.05, 4.69) is 16.0 Å². The number of hydrogen-bond acceptors (Lipinski definition) is 5. The molecule has 0 spiro atoms. The largest absolute Gasteiger partial charge is 0.493 e. The van der Waals surface area contributed by atoms with Crippen molar-refractivity contribution in [3.8, 4) is 11.5 Å². The van der Waals surface area contributed by atoms with Gasteiger partial charge in [0.2, 0.25) is 11.8 Å². The van der Waals surface area contributed by atoms with Crippen molar-refractivity contribution in [1.82, 2.24) is 10.6 Å². The molecule has 0 radical (unpaired) electrons. The molecule has 152 valence electrons. The van der Waals surface area contributed by atoms with Gasteiger partial charge < -0.3 is 25.4 Å². The van der Waals surface area contributed by atoms with E-state index in [1.165, 1.54) is 0 Å². The van der Waals surface area contributed by atoms with Crippen LogP contribution in [0, 0.1) is 0 Å². The van der Waals surface area contributed by atoms with Crippen molar-refractivity contribution < 1.29 is 23.9 Å². The first kappa shape index (κ1) is 20.2. The van der Waals surface area contributed by atoms with Crippen LogP contribution in [-0.2, 0) is 16.0 Å². The van der Waals surface area contributed by atoms with Crippen molar-refractivity contribution in [2.45, 2.75) is 18.9 Å². The standard InChI is InChI=1S/C21H23N3O5/c1-28-17-8-7-13(11-18(17)29-2)9-10-22-19(25)12-16-21(27)23-15-6-4-3-5-14(15)20(26)24-16/h3-8,11,16H,9-10,12H2,1-2H3,(H,22,25)(H,23,27)(H,24,26)/t16-/m1/s1. The van der Waals surface area contributed by atoms with Gasteiger partial charge in [0.25, 0.3) is 5.91 Å². The molecular weight excluding hydrogens is 374 g/mol. The molecule has 0 fully saturated rings. The number of para-hydroxylation sites is 1. The van der Waals surface area contributed by atoms with Gasteiger partial charge in [-0.2, -0.15) is 0 Å². The third-order valence-corrected chi connectivity index (χ3v) is 4.62. The van der Waals surface area contributed by atoms with Crippen LogP contribution in [-0.4, -0.2) is 44.5 Å². The van der Waals surface area contributed by atoms with Gasteiger partial charge >= 0.3 is 0 Å². The quantitative estimate of drug-likeness (QED) is 0.657. The first-order valence-electron chi connectivity index (χ1n) is 9.20. The number of methoxy groups -OCH3 is 2. The maximum absolute atomic E-state index is 12.4. The highest BCUT2D eigenvalue weighted by Gasteiger charge is 2.29. The van der Waals surface area contributed by atoms with Crippen molar-refractivity contribution in [2.24, 2.45) is 0 Å². The minimum atomic E-state index is -0.934. The van der Waals surface area contributed by atoms with Gasteiger partial charge in [-0.15, -0.1) is 0 Å². The average Bonchev–Trinajstić information content (AvgIpc) is 2.84. The van der Waals surface area contributed by atoms with Gasteiger partial charge in [0.15, 0.2) is 11.5 Å². The Balaban J connectivity index is 1.53. The molecule has 0 aliphatic carbocycles. The minimum Gasteiger partial charge on any atom is -0.493 e. The minimum absolute atomic E-state index is 0.141. The summed E-state index contributed by atoms with van der Waals surface area (Å²) in [5.41, 5.74) is 1.78. The summed E-state index contributed by atoms with van der Waals surface area (Å²) < 4.78 is 10.5. The monoisotopic (exact) mass is 397 g/mol. The number of carbonyl (C=O) groups is 3. The normalized spacial score (nSPS) is 15.4. The number of benzene rings is 2. The lowest BCUT2D eigenvalue weighted by Crippen LogP contribution is -2.44. The highest BCUT2D eigenvalue weighted by atomic mass is 16.5. The first-order chi connectivity index (χ1) is 14.0. The van der Waals surface area contributed by atoms with E-state index in [1.807, 2.05) is 12.1 Å². The Kier molecular flexibility index (Phi) is 6.33. The average molecular weight is 397 g/mol. The van der Waals surface area contributed by atoms with Crippen LogP contribution in [0.3, 0.4) is 0 Å². The van der Waals surface area contributed by atoms with Gasteiger partial charge in [0.1, 0.15) is 6.04 Å². The second-order valence-corrected chi connectivity index (χ2v) is 6.55. The summed E-state index contributed by atoms with van der Waals surface area (Å²) in [5, 5.41) is 8.07. The molecule has 2 aromatic rings. The summed E-state index contributed by atoms with van der Waals surface area (Å²) in [4.78, 5) is 36.9. The highest BCUT2D eigenvalue weighted by Crippen LogP contribution is 2.27. The maximum atomic E-state index is 12.4. The van der Waals surface area contributed by atoms with Crippen molar-refractivity contribution in [3.05, 3.63) is 53.6 Å². The second-order valence-electron chi connectivity index (χ2n) is 6.55. The molecule has 1 heterocycles. The summed E-state index contributed by atoms with van der Waals surface area (Å²) in [5.74, 6) is 0.127. The van der Waals surface area contributed by atoms with Gasteiger partial charge in [-0.3, -0.25) is 14.4 Å². The molecule has 0 saturated heterocycles. The van der Waals surface area contributed by atoms with E-state index in [9.17, 15) is 14.4 Å². The number of amides is 3. The predicted molar refractivity (Wildman–Crippen MR) is 107 cm³/mol. The zero-order chi connectivity index (χ0) is 20.8. The van der Waals surface area contributed by atoms with Gasteiger partial charge in [-0.05, 0) is 36.2 Å². The summed E-state index contributed by atoms with van der Waals surface area (Å²) in [6.07, 6.45) is 0.443. The van der Waals surface area contributed by atoms with E-state index in [0.717, 1.165) is 5.56 Å². The fourth-order valence-corrected chi connectivity index (χ4v) is 3.10. The molecule has 8 nitrogen and oxygen atoms in total. The van der Waals surface area contributed by atoms with Gasteiger partial charge in [-0.1, -0.05) is 18.2 Å². The molecule has 1 aliphatic heterocycles. The number of nitrogens with one attached hydrogen (secondary N) is 3. The van der Waals surface area contributed by atoms with Crippen LogP contribution >= 0.6 is 0 Å². The second kappa shape index (κ2) is 9.09. The van der Waals surface area contributed by atoms with E-state index >= 15 is 0 Å². The molecule has 3 N–H and O–H groups in total. The fourth-order valence-electron chi connectivity index (χ4n) is 3.10. The smallest absolute Gasteiger partial charge is 0.254 e. The lowest BCUT2D eigenvalue weighted by molar-refractivity contribution is -0.125. The summed E-state index contributed by atoms with van der Waals surface area (Å²) >= 11 is 0. The molecule has 3 amide bonds. The van der Waals surface area contributed by atoms with Gasteiger partial charge in [-0.25, -0.2) is 0 Å². The number of fused-ring (bicyclic) bond motifs is 1. The third kappa shape index (κ3) is 4.84. The van der Waals surface area contributed by atoms with E-state index in [-0.39, 0.29) is 18.2 Å². The number of anilines is 1. The van der Waals surface area contributed by atoms with E-state index in [1.54, 1.807) is 44.6 Å². The summed E-state index contributed by atoms with van der Waals surface area (Å²) in [7, 11) is 3.13. The van der Waals surface area contributed by atoms with Crippen LogP contribution in [0.25, 0.3) is 0 Å². The Morgan fingerprint density at radius 1 is 1.07 bits per heavy atom. The Morgan fingerprint density at radius 2 is 1.83 bits per heavy atom. The number of ether oxygens (including phenoxy) is 2. The summed E-state index contributed by atoms with van der Waals surface area (Å²) in [6.45, 7) is 0.386. The molecule has 8 heteroatoms. The molecule has 1 atom stereocenters. The Hall–Kier alpha value is -3.55. The van der Waals surface area contributed by atoms with Crippen molar-refractivity contribution in [3.63, 3.8) is 0 Å². The lowest BCUT2D eigenvalue weighted by Gasteiger charge is -2.14. The topological polar surface area (TPSA) is 106 Å². The van der Waals surface area contributed by atoms with Crippen LogP contribution < -0.4 is 25.4 Å². The first-order valence-corrected chi connectivity index (χ1v) is 9.20. The van der Waals surface area contributed by atoms with Crippen LogP contribution in [0.5, 0.6) is 11.5 Å². The highest BCUT2D eigenvalue weighted by molar-refractivity contribution is 6.10. The van der Waals surface area contributed by atoms with Crippen LogP contribution in [0.1, 0.15) is 22.3 Å². The molecule has 0 aromatic heterocycles. The Labute approximate surface area is 168 Å². The van der Waals surface area contributed by atoms with Crippen molar-refractivity contribution in [1.29, 1.82) is 0 Å². The number of rotatable bonds is 7. The van der Waals surface area contributed by atoms with E-state index in [4.69, 9.17) is 9.47 Å². The molecule has 0 saturated carbocycles. The van der Waals surface area contributed by atoms with E-state index in [0.29, 0.717) is 35.7 Å². The molecule has 2 aromatic carbocycles.